The van der Waals surface area contributed by atoms with Gasteiger partial charge in [-0.1, -0.05) is 29.8 Å². The standard InChI is InChI=1S/C29H33ClN7O10PS/c1-16-6-5-7-19-20(16)12-44-27(39)22(19)34-48(41,47-18-10-8-17(30)9-11-18)45-13-21-24(38)29(2,40)28(46-21)37-15-33-23-25(31-14-32-26(23)37)36(3)35-49(4,42)43/h5-11,14-15,21-22,24,28,35,38,40H,12-13H2,1-4H3,(H,34,41)/t21?,22?,24-,28?,29-,48?/m1/s1. The highest BCUT2D eigenvalue weighted by molar-refractivity contribution is 7.88. The maximum atomic E-state index is 14.4. The fourth-order valence-corrected chi connectivity index (χ4v) is 7.84. The fourth-order valence-electron chi connectivity index (χ4n) is 5.65. The van der Waals surface area contributed by atoms with Gasteiger partial charge in [0.15, 0.2) is 23.2 Å². The van der Waals surface area contributed by atoms with E-state index in [1.54, 1.807) is 12.1 Å². The highest BCUT2D eigenvalue weighted by Crippen LogP contribution is 2.49. The summed E-state index contributed by atoms with van der Waals surface area (Å²) in [7, 11) is -6.70. The molecule has 49 heavy (non-hydrogen) atoms. The van der Waals surface area contributed by atoms with Gasteiger partial charge in [0.1, 0.15) is 42.5 Å². The first-order valence-corrected chi connectivity index (χ1v) is 18.5. The number of halogens is 1. The van der Waals surface area contributed by atoms with Crippen molar-refractivity contribution < 1.29 is 46.5 Å². The van der Waals surface area contributed by atoms with Gasteiger partial charge in [-0.3, -0.25) is 14.1 Å². The van der Waals surface area contributed by atoms with Crippen LogP contribution in [0.15, 0.2) is 55.1 Å². The third kappa shape index (κ3) is 7.15. The molecule has 0 aliphatic carbocycles. The summed E-state index contributed by atoms with van der Waals surface area (Å²) >= 11 is 6.02. The summed E-state index contributed by atoms with van der Waals surface area (Å²) in [5, 5.41) is 26.9. The zero-order valence-electron chi connectivity index (χ0n) is 26.5. The van der Waals surface area contributed by atoms with E-state index in [4.69, 9.17) is 30.1 Å². The quantitative estimate of drug-likeness (QED) is 0.0987. The van der Waals surface area contributed by atoms with Crippen LogP contribution >= 0.6 is 19.3 Å². The molecule has 4 aromatic rings. The van der Waals surface area contributed by atoms with E-state index in [1.165, 1.54) is 55.5 Å². The minimum atomic E-state index is -4.48. The van der Waals surface area contributed by atoms with Gasteiger partial charge in [-0.2, -0.15) is 5.09 Å². The number of imidazole rings is 1. The minimum absolute atomic E-state index is 0.0423. The van der Waals surface area contributed by atoms with Crippen LogP contribution in [0, 0.1) is 6.92 Å². The number of benzene rings is 2. The molecule has 0 spiro atoms. The molecule has 2 aromatic heterocycles. The number of nitrogens with zero attached hydrogens (tertiary/aromatic N) is 5. The molecule has 262 valence electrons. The molecule has 20 heteroatoms. The monoisotopic (exact) mass is 737 g/mol. The highest BCUT2D eigenvalue weighted by atomic mass is 35.5. The number of sulfonamides is 1. The number of hydrogen-bond donors (Lipinski definition) is 4. The van der Waals surface area contributed by atoms with E-state index >= 15 is 0 Å². The summed E-state index contributed by atoms with van der Waals surface area (Å²) in [6.45, 7) is 2.65. The van der Waals surface area contributed by atoms with E-state index in [0.29, 0.717) is 10.6 Å². The Labute approximate surface area is 285 Å². The lowest BCUT2D eigenvalue weighted by Crippen LogP contribution is -2.44. The Morgan fingerprint density at radius 2 is 1.94 bits per heavy atom. The Hall–Kier alpha value is -3.71. The lowest BCUT2D eigenvalue weighted by Gasteiger charge is -2.30. The Kier molecular flexibility index (Phi) is 9.46. The number of anilines is 1. The first kappa shape index (κ1) is 35.1. The molecular formula is C29H33ClN7O10PS. The molecule has 6 atom stereocenters. The summed E-state index contributed by atoms with van der Waals surface area (Å²) in [5.74, 6) is -0.494. The van der Waals surface area contributed by atoms with Crippen molar-refractivity contribution >= 4 is 52.3 Å². The minimum Gasteiger partial charge on any atom is -0.459 e. The van der Waals surface area contributed by atoms with Crippen molar-refractivity contribution in [2.75, 3.05) is 24.9 Å². The second kappa shape index (κ2) is 13.2. The van der Waals surface area contributed by atoms with Crippen molar-refractivity contribution in [3.05, 3.63) is 76.8 Å². The van der Waals surface area contributed by atoms with Crippen LogP contribution in [0.4, 0.5) is 5.82 Å². The number of aromatic nitrogens is 4. The van der Waals surface area contributed by atoms with Crippen LogP contribution in [-0.4, -0.2) is 81.8 Å². The van der Waals surface area contributed by atoms with Crippen molar-refractivity contribution in [2.45, 2.75) is 50.5 Å². The third-order valence-corrected chi connectivity index (χ3v) is 10.4. The van der Waals surface area contributed by atoms with E-state index in [9.17, 15) is 28.0 Å². The average Bonchev–Trinajstić information content (AvgIpc) is 3.55. The number of nitrogens with one attached hydrogen (secondary N) is 2. The smallest absolute Gasteiger partial charge is 0.459 e. The van der Waals surface area contributed by atoms with Gasteiger partial charge >= 0.3 is 13.7 Å². The Morgan fingerprint density at radius 3 is 2.65 bits per heavy atom. The molecule has 0 radical (unpaired) electrons. The van der Waals surface area contributed by atoms with E-state index in [0.717, 1.165) is 22.4 Å². The zero-order chi connectivity index (χ0) is 35.3. The van der Waals surface area contributed by atoms with Crippen LogP contribution in [0.25, 0.3) is 11.2 Å². The molecule has 2 aliphatic rings. The number of esters is 1. The number of aryl methyl sites for hydroxylation is 1. The number of aliphatic hydroxyl groups excluding tert-OH is 1. The number of ether oxygens (including phenoxy) is 2. The molecule has 4 N–H and O–H groups in total. The van der Waals surface area contributed by atoms with Gasteiger partial charge in [0, 0.05) is 12.1 Å². The number of hydrazine groups is 1. The lowest BCUT2D eigenvalue weighted by atomic mass is 9.95. The molecule has 0 saturated carbocycles. The lowest BCUT2D eigenvalue weighted by molar-refractivity contribution is -0.149. The maximum absolute atomic E-state index is 14.4. The number of aliphatic hydroxyl groups is 2. The van der Waals surface area contributed by atoms with Crippen molar-refractivity contribution in [1.29, 1.82) is 0 Å². The normalized spacial score (nSPS) is 25.1. The van der Waals surface area contributed by atoms with Crippen LogP contribution in [-0.2, 0) is 40.0 Å². The molecule has 1 saturated heterocycles. The Morgan fingerprint density at radius 1 is 1.20 bits per heavy atom. The van der Waals surface area contributed by atoms with Crippen LogP contribution in [0.1, 0.15) is 35.9 Å². The van der Waals surface area contributed by atoms with Gasteiger partial charge in [-0.05, 0) is 54.8 Å². The number of carbonyl (C=O) groups is 1. The van der Waals surface area contributed by atoms with Gasteiger partial charge < -0.3 is 24.2 Å². The van der Waals surface area contributed by atoms with E-state index in [2.05, 4.69) is 24.9 Å². The molecule has 4 heterocycles. The average molecular weight is 738 g/mol. The van der Waals surface area contributed by atoms with Gasteiger partial charge in [-0.15, -0.1) is 4.83 Å². The summed E-state index contributed by atoms with van der Waals surface area (Å²) < 4.78 is 62.4. The van der Waals surface area contributed by atoms with E-state index < -0.39 is 60.4 Å². The first-order chi connectivity index (χ1) is 23.1. The van der Waals surface area contributed by atoms with Crippen molar-refractivity contribution in [3.63, 3.8) is 0 Å². The largest absolute Gasteiger partial charge is 0.459 e. The molecule has 6 rings (SSSR count). The molecule has 2 aliphatic heterocycles. The number of fused-ring (bicyclic) bond motifs is 2. The first-order valence-electron chi connectivity index (χ1n) is 14.7. The fraction of sp³-hybridized carbons (Fsp3) is 0.379. The molecular weight excluding hydrogens is 705 g/mol. The summed E-state index contributed by atoms with van der Waals surface area (Å²) in [5.41, 5.74) is 0.477. The Bertz CT molecular complexity index is 2050. The molecule has 2 aromatic carbocycles. The van der Waals surface area contributed by atoms with E-state index in [1.807, 2.05) is 13.0 Å². The van der Waals surface area contributed by atoms with E-state index in [-0.39, 0.29) is 29.3 Å². The number of carbonyl (C=O) groups excluding carboxylic acids is 1. The number of hydrogen-bond acceptors (Lipinski definition) is 14. The molecule has 17 nitrogen and oxygen atoms in total. The molecule has 0 amide bonds. The molecule has 4 unspecified atom stereocenters. The predicted octanol–water partition coefficient (Wildman–Crippen LogP) is 2.29. The zero-order valence-corrected chi connectivity index (χ0v) is 29.0. The summed E-state index contributed by atoms with van der Waals surface area (Å²) in [6.07, 6.45) is -0.754. The van der Waals surface area contributed by atoms with Crippen LogP contribution in [0.3, 0.4) is 0 Å². The topological polar surface area (TPSA) is 217 Å². The number of cyclic esters (lactones) is 1. The van der Waals surface area contributed by atoms with Crippen LogP contribution in [0.5, 0.6) is 5.75 Å². The summed E-state index contributed by atoms with van der Waals surface area (Å²) in [4.78, 5) is 27.9. The molecule has 1 fully saturated rings. The van der Waals surface area contributed by atoms with Crippen molar-refractivity contribution in [1.82, 2.24) is 29.4 Å². The maximum Gasteiger partial charge on any atom is 0.459 e. The predicted molar refractivity (Wildman–Crippen MR) is 175 cm³/mol. The third-order valence-electron chi connectivity index (χ3n) is 8.05. The van der Waals surface area contributed by atoms with Gasteiger partial charge in [0.25, 0.3) is 0 Å². The highest BCUT2D eigenvalue weighted by Gasteiger charge is 2.54. The van der Waals surface area contributed by atoms with Gasteiger partial charge in [0.05, 0.1) is 19.2 Å². The summed E-state index contributed by atoms with van der Waals surface area (Å²) in [6, 6.07) is 10.0. The van der Waals surface area contributed by atoms with Crippen LogP contribution in [0.2, 0.25) is 5.02 Å². The molecule has 0 bridgehead atoms. The second-order valence-electron chi connectivity index (χ2n) is 11.8. The second-order valence-corrected chi connectivity index (χ2v) is 15.6. The van der Waals surface area contributed by atoms with Gasteiger partial charge in [0.2, 0.25) is 10.0 Å². The van der Waals surface area contributed by atoms with Gasteiger partial charge in [-0.25, -0.2) is 32.7 Å². The number of rotatable bonds is 11. The Balaban J connectivity index is 1.27. The SMILES string of the molecule is Cc1cccc2c1COC(=O)C2NP(=O)(OCC1OC(n2cnc3c(N(C)NS(C)(=O)=O)ncnc32)[C@](C)(O)[C@@H]1O)Oc1ccc(Cl)cc1. The van der Waals surface area contributed by atoms with Crippen LogP contribution < -0.4 is 19.5 Å². The van der Waals surface area contributed by atoms with Crippen molar-refractivity contribution in [3.8, 4) is 5.75 Å². The van der Waals surface area contributed by atoms with Crippen molar-refractivity contribution in [2.24, 2.45) is 0 Å².